The van der Waals surface area contributed by atoms with E-state index in [4.69, 9.17) is 4.74 Å². The zero-order chi connectivity index (χ0) is 21.6. The van der Waals surface area contributed by atoms with E-state index in [9.17, 15) is 4.79 Å². The van der Waals surface area contributed by atoms with Crippen molar-refractivity contribution >= 4 is 34.7 Å². The van der Waals surface area contributed by atoms with Crippen molar-refractivity contribution in [2.75, 3.05) is 43.2 Å². The molecule has 0 radical (unpaired) electrons. The standard InChI is InChI=1S/C25H26N4O2/c1-19-17-24(11-12-25(19)27-26-21-5-3-20(18-30)4-6-21)28(2)22-7-9-23(10-8-22)29-13-15-31-16-14-29/h3-12,17-18H,13-16H2,1-2H3/b27-26+. The summed E-state index contributed by atoms with van der Waals surface area (Å²) in [5.41, 5.74) is 6.65. The van der Waals surface area contributed by atoms with Gasteiger partial charge in [-0.05, 0) is 79.2 Å². The fraction of sp³-hybridized carbons (Fsp3) is 0.240. The Morgan fingerprint density at radius 2 is 1.58 bits per heavy atom. The molecule has 0 atom stereocenters. The van der Waals surface area contributed by atoms with E-state index in [0.29, 0.717) is 11.3 Å². The van der Waals surface area contributed by atoms with Crippen LogP contribution < -0.4 is 9.80 Å². The Bertz CT molecular complexity index is 1060. The average Bonchev–Trinajstić information content (AvgIpc) is 2.84. The van der Waals surface area contributed by atoms with Crippen LogP contribution >= 0.6 is 0 Å². The number of carbonyl (C=O) groups is 1. The van der Waals surface area contributed by atoms with Crippen molar-refractivity contribution < 1.29 is 9.53 Å². The van der Waals surface area contributed by atoms with Crippen LogP contribution in [0.1, 0.15) is 15.9 Å². The van der Waals surface area contributed by atoms with Crippen LogP contribution in [0.3, 0.4) is 0 Å². The number of morpholine rings is 1. The summed E-state index contributed by atoms with van der Waals surface area (Å²) in [5, 5.41) is 8.65. The van der Waals surface area contributed by atoms with Gasteiger partial charge in [0.2, 0.25) is 0 Å². The molecule has 3 aromatic carbocycles. The van der Waals surface area contributed by atoms with Gasteiger partial charge < -0.3 is 14.5 Å². The molecule has 6 heteroatoms. The summed E-state index contributed by atoms with van der Waals surface area (Å²) < 4.78 is 5.44. The van der Waals surface area contributed by atoms with Crippen LogP contribution in [-0.2, 0) is 4.74 Å². The van der Waals surface area contributed by atoms with Crippen molar-refractivity contribution in [1.82, 2.24) is 0 Å². The summed E-state index contributed by atoms with van der Waals surface area (Å²) in [6.07, 6.45) is 0.816. The SMILES string of the molecule is Cc1cc(N(C)c2ccc(N3CCOCC3)cc2)ccc1/N=N/c1ccc(C=O)cc1. The second kappa shape index (κ2) is 9.53. The molecule has 31 heavy (non-hydrogen) atoms. The quantitative estimate of drug-likeness (QED) is 0.376. The summed E-state index contributed by atoms with van der Waals surface area (Å²) in [5.74, 6) is 0. The molecule has 1 aliphatic rings. The normalized spacial score (nSPS) is 14.1. The lowest BCUT2D eigenvalue weighted by atomic mass is 10.1. The molecule has 1 saturated heterocycles. The minimum absolute atomic E-state index is 0.625. The van der Waals surface area contributed by atoms with Crippen LogP contribution in [0.4, 0.5) is 28.4 Å². The maximum Gasteiger partial charge on any atom is 0.150 e. The van der Waals surface area contributed by atoms with Gasteiger partial charge in [0.05, 0.1) is 24.6 Å². The molecule has 0 amide bonds. The first-order valence-corrected chi connectivity index (χ1v) is 10.4. The van der Waals surface area contributed by atoms with Crippen molar-refractivity contribution in [3.8, 4) is 0 Å². The molecule has 0 spiro atoms. The fourth-order valence-corrected chi connectivity index (χ4v) is 3.55. The predicted octanol–water partition coefficient (Wildman–Crippen LogP) is 5.83. The summed E-state index contributed by atoms with van der Waals surface area (Å²) in [6, 6.07) is 21.8. The van der Waals surface area contributed by atoms with Gasteiger partial charge in [-0.1, -0.05) is 0 Å². The monoisotopic (exact) mass is 414 g/mol. The predicted molar refractivity (Wildman–Crippen MR) is 125 cm³/mol. The third-order valence-electron chi connectivity index (χ3n) is 5.48. The van der Waals surface area contributed by atoms with Crippen LogP contribution in [-0.4, -0.2) is 39.6 Å². The summed E-state index contributed by atoms with van der Waals surface area (Å²) in [7, 11) is 2.06. The van der Waals surface area contributed by atoms with Crippen molar-refractivity contribution in [2.24, 2.45) is 10.2 Å². The molecule has 0 unspecified atom stereocenters. The number of carbonyl (C=O) groups excluding carboxylic acids is 1. The first-order chi connectivity index (χ1) is 15.1. The highest BCUT2D eigenvalue weighted by molar-refractivity contribution is 5.75. The van der Waals surface area contributed by atoms with E-state index in [1.165, 1.54) is 5.69 Å². The second-order valence-corrected chi connectivity index (χ2v) is 7.56. The molecule has 1 aliphatic heterocycles. The average molecular weight is 415 g/mol. The highest BCUT2D eigenvalue weighted by Gasteiger charge is 2.12. The Labute approximate surface area is 182 Å². The summed E-state index contributed by atoms with van der Waals surface area (Å²) in [6.45, 7) is 5.48. The number of azo groups is 1. The Hall–Kier alpha value is -3.51. The highest BCUT2D eigenvalue weighted by atomic mass is 16.5. The molecule has 3 aromatic rings. The minimum atomic E-state index is 0.625. The third-order valence-corrected chi connectivity index (χ3v) is 5.48. The Morgan fingerprint density at radius 1 is 0.903 bits per heavy atom. The smallest absolute Gasteiger partial charge is 0.150 e. The van der Waals surface area contributed by atoms with Crippen LogP contribution in [0.25, 0.3) is 0 Å². The molecule has 0 bridgehead atoms. The summed E-state index contributed by atoms with van der Waals surface area (Å²) >= 11 is 0. The fourth-order valence-electron chi connectivity index (χ4n) is 3.55. The molecular weight excluding hydrogens is 388 g/mol. The van der Waals surface area contributed by atoms with E-state index < -0.39 is 0 Å². The minimum Gasteiger partial charge on any atom is -0.378 e. The van der Waals surface area contributed by atoms with Gasteiger partial charge in [0, 0.05) is 42.8 Å². The molecule has 158 valence electrons. The van der Waals surface area contributed by atoms with Gasteiger partial charge in [-0.15, -0.1) is 0 Å². The molecular formula is C25H26N4O2. The Kier molecular flexibility index (Phi) is 6.38. The van der Waals surface area contributed by atoms with Gasteiger partial charge in [0.25, 0.3) is 0 Å². The van der Waals surface area contributed by atoms with Crippen LogP contribution in [0, 0.1) is 6.92 Å². The number of ether oxygens (including phenoxy) is 1. The highest BCUT2D eigenvalue weighted by Crippen LogP contribution is 2.31. The number of hydrogen-bond donors (Lipinski definition) is 0. The number of rotatable bonds is 6. The second-order valence-electron chi connectivity index (χ2n) is 7.56. The number of aldehydes is 1. The largest absolute Gasteiger partial charge is 0.378 e. The first kappa shape index (κ1) is 20.8. The van der Waals surface area contributed by atoms with E-state index in [1.54, 1.807) is 24.3 Å². The maximum atomic E-state index is 10.8. The zero-order valence-corrected chi connectivity index (χ0v) is 17.9. The van der Waals surface area contributed by atoms with Crippen molar-refractivity contribution in [2.45, 2.75) is 6.92 Å². The lowest BCUT2D eigenvalue weighted by Gasteiger charge is -2.29. The van der Waals surface area contributed by atoms with Crippen molar-refractivity contribution in [1.29, 1.82) is 0 Å². The van der Waals surface area contributed by atoms with Gasteiger partial charge in [-0.2, -0.15) is 10.2 Å². The lowest BCUT2D eigenvalue weighted by Crippen LogP contribution is -2.36. The third kappa shape index (κ3) is 4.98. The number of benzene rings is 3. The van der Waals surface area contributed by atoms with E-state index in [1.807, 2.05) is 19.1 Å². The topological polar surface area (TPSA) is 57.5 Å². The first-order valence-electron chi connectivity index (χ1n) is 10.4. The van der Waals surface area contributed by atoms with E-state index >= 15 is 0 Å². The number of hydrogen-bond acceptors (Lipinski definition) is 6. The molecule has 4 rings (SSSR count). The Balaban J connectivity index is 1.46. The van der Waals surface area contributed by atoms with Crippen molar-refractivity contribution in [3.63, 3.8) is 0 Å². The lowest BCUT2D eigenvalue weighted by molar-refractivity contribution is 0.112. The van der Waals surface area contributed by atoms with Crippen LogP contribution in [0.15, 0.2) is 77.0 Å². The van der Waals surface area contributed by atoms with Gasteiger partial charge >= 0.3 is 0 Å². The molecule has 1 heterocycles. The molecule has 1 fully saturated rings. The number of nitrogens with zero attached hydrogens (tertiary/aromatic N) is 4. The molecule has 0 N–H and O–H groups in total. The number of anilines is 3. The van der Waals surface area contributed by atoms with Crippen LogP contribution in [0.5, 0.6) is 0 Å². The zero-order valence-electron chi connectivity index (χ0n) is 17.9. The van der Waals surface area contributed by atoms with E-state index in [-0.39, 0.29) is 0 Å². The van der Waals surface area contributed by atoms with Crippen LogP contribution in [0.2, 0.25) is 0 Å². The van der Waals surface area contributed by atoms with E-state index in [2.05, 4.69) is 57.4 Å². The van der Waals surface area contributed by atoms with Gasteiger partial charge in [0.1, 0.15) is 6.29 Å². The van der Waals surface area contributed by atoms with Gasteiger partial charge in [-0.25, -0.2) is 0 Å². The van der Waals surface area contributed by atoms with Gasteiger partial charge in [0.15, 0.2) is 0 Å². The number of aryl methyl sites for hydroxylation is 1. The molecule has 0 aliphatic carbocycles. The molecule has 0 saturated carbocycles. The van der Waals surface area contributed by atoms with E-state index in [0.717, 1.165) is 55.2 Å². The van der Waals surface area contributed by atoms with Crippen molar-refractivity contribution in [3.05, 3.63) is 77.9 Å². The molecule has 6 nitrogen and oxygen atoms in total. The van der Waals surface area contributed by atoms with Gasteiger partial charge in [-0.3, -0.25) is 4.79 Å². The Morgan fingerprint density at radius 3 is 2.23 bits per heavy atom. The maximum absolute atomic E-state index is 10.8. The summed E-state index contributed by atoms with van der Waals surface area (Å²) in [4.78, 5) is 15.3. The molecule has 0 aromatic heterocycles.